The third kappa shape index (κ3) is 6.74. The van der Waals surface area contributed by atoms with Gasteiger partial charge in [-0.25, -0.2) is 14.8 Å². The summed E-state index contributed by atoms with van der Waals surface area (Å²) in [6.07, 6.45) is 6.16. The van der Waals surface area contributed by atoms with Gasteiger partial charge in [0.2, 0.25) is 0 Å². The number of nitrogens with zero attached hydrogens (tertiary/aromatic N) is 4. The topological polar surface area (TPSA) is 70.6 Å². The van der Waals surface area contributed by atoms with Crippen LogP contribution in [0.2, 0.25) is 0 Å². The van der Waals surface area contributed by atoms with Crippen LogP contribution in [0.5, 0.6) is 0 Å². The van der Waals surface area contributed by atoms with Crippen LogP contribution < -0.4 is 5.32 Å². The summed E-state index contributed by atoms with van der Waals surface area (Å²) in [6, 6.07) is 8.30. The zero-order chi connectivity index (χ0) is 25.7. The van der Waals surface area contributed by atoms with Crippen LogP contribution in [-0.2, 0) is 16.1 Å². The molecule has 0 spiro atoms. The number of anilines is 1. The Kier molecular flexibility index (Phi) is 8.83. The number of carbonyl (C=O) groups excluding carboxylic acids is 1. The molecule has 4 rings (SSSR count). The van der Waals surface area contributed by atoms with E-state index in [-0.39, 0.29) is 11.9 Å². The number of esters is 1. The number of hydrogen-bond donors (Lipinski definition) is 1. The zero-order valence-electron chi connectivity index (χ0n) is 22.9. The SMILES string of the molecule is CCCOC(=O)[C@@H](Nc1nc(CN2CCN(C3CCCC(C)(C)C3)CC2)nc2ccccc12)C(C)C. The van der Waals surface area contributed by atoms with Gasteiger partial charge < -0.3 is 10.1 Å². The highest BCUT2D eigenvalue weighted by Crippen LogP contribution is 2.37. The summed E-state index contributed by atoms with van der Waals surface area (Å²) in [7, 11) is 0. The average molecular weight is 496 g/mol. The Morgan fingerprint density at radius 1 is 1.17 bits per heavy atom. The van der Waals surface area contributed by atoms with E-state index < -0.39 is 6.04 Å². The lowest BCUT2D eigenvalue weighted by Crippen LogP contribution is -2.51. The second kappa shape index (κ2) is 11.9. The molecule has 1 aromatic carbocycles. The summed E-state index contributed by atoms with van der Waals surface area (Å²) < 4.78 is 5.47. The zero-order valence-corrected chi connectivity index (χ0v) is 22.9. The summed E-state index contributed by atoms with van der Waals surface area (Å²) in [5.74, 6) is 1.36. The number of nitrogens with one attached hydrogen (secondary N) is 1. The Morgan fingerprint density at radius 3 is 2.61 bits per heavy atom. The lowest BCUT2D eigenvalue weighted by molar-refractivity contribution is -0.145. The second-order valence-corrected chi connectivity index (χ2v) is 11.8. The fraction of sp³-hybridized carbons (Fsp3) is 0.690. The van der Waals surface area contributed by atoms with Crippen molar-refractivity contribution in [2.45, 2.75) is 85.4 Å². The molecule has 7 heteroatoms. The van der Waals surface area contributed by atoms with Crippen molar-refractivity contribution in [2.75, 3.05) is 38.1 Å². The maximum Gasteiger partial charge on any atom is 0.328 e. The third-order valence-corrected chi connectivity index (χ3v) is 7.78. The predicted molar refractivity (Wildman–Crippen MR) is 146 cm³/mol. The van der Waals surface area contributed by atoms with E-state index >= 15 is 0 Å². The Morgan fingerprint density at radius 2 is 1.92 bits per heavy atom. The maximum atomic E-state index is 12.7. The number of fused-ring (bicyclic) bond motifs is 1. The Labute approximate surface area is 217 Å². The lowest BCUT2D eigenvalue weighted by atomic mass is 9.74. The molecule has 2 fully saturated rings. The highest BCUT2D eigenvalue weighted by atomic mass is 16.5. The number of carbonyl (C=O) groups is 1. The molecule has 1 saturated carbocycles. The molecule has 1 aliphatic carbocycles. The number of hydrogen-bond acceptors (Lipinski definition) is 7. The van der Waals surface area contributed by atoms with E-state index in [9.17, 15) is 4.79 Å². The Bertz CT molecular complexity index is 1020. The second-order valence-electron chi connectivity index (χ2n) is 11.8. The lowest BCUT2D eigenvalue weighted by Gasteiger charge is -2.44. The first-order chi connectivity index (χ1) is 17.3. The van der Waals surface area contributed by atoms with Crippen LogP contribution in [0.4, 0.5) is 5.82 Å². The van der Waals surface area contributed by atoms with Gasteiger partial charge >= 0.3 is 5.97 Å². The molecule has 2 aromatic rings. The number of aromatic nitrogens is 2. The van der Waals surface area contributed by atoms with Crippen LogP contribution in [-0.4, -0.2) is 70.6 Å². The fourth-order valence-electron chi connectivity index (χ4n) is 5.70. The largest absolute Gasteiger partial charge is 0.464 e. The third-order valence-electron chi connectivity index (χ3n) is 7.78. The summed E-state index contributed by atoms with van der Waals surface area (Å²) >= 11 is 0. The minimum atomic E-state index is -0.453. The van der Waals surface area contributed by atoms with E-state index in [1.165, 1.54) is 25.7 Å². The summed E-state index contributed by atoms with van der Waals surface area (Å²) in [5.41, 5.74) is 1.37. The molecule has 2 atom stereocenters. The highest BCUT2D eigenvalue weighted by Gasteiger charge is 2.33. The van der Waals surface area contributed by atoms with Gasteiger partial charge in [-0.1, -0.05) is 53.2 Å². The van der Waals surface area contributed by atoms with Crippen molar-refractivity contribution >= 4 is 22.7 Å². The number of benzene rings is 1. The Balaban J connectivity index is 1.45. The van der Waals surface area contributed by atoms with E-state index in [2.05, 4.69) is 29.0 Å². The van der Waals surface area contributed by atoms with Gasteiger partial charge in [0, 0.05) is 37.6 Å². The molecule has 2 heterocycles. The van der Waals surface area contributed by atoms with Crippen LogP contribution in [0.3, 0.4) is 0 Å². The van der Waals surface area contributed by atoms with Crippen molar-refractivity contribution in [2.24, 2.45) is 11.3 Å². The molecule has 0 bridgehead atoms. The average Bonchev–Trinajstić information content (AvgIpc) is 2.85. The quantitative estimate of drug-likeness (QED) is 0.485. The van der Waals surface area contributed by atoms with Crippen LogP contribution in [0.25, 0.3) is 10.9 Å². The first kappa shape index (κ1) is 26.8. The van der Waals surface area contributed by atoms with Gasteiger partial charge in [-0.2, -0.15) is 0 Å². The van der Waals surface area contributed by atoms with Crippen molar-refractivity contribution in [1.82, 2.24) is 19.8 Å². The minimum Gasteiger partial charge on any atom is -0.464 e. The molecule has 2 aliphatic rings. The van der Waals surface area contributed by atoms with E-state index in [0.717, 1.165) is 61.9 Å². The molecule has 7 nitrogen and oxygen atoms in total. The smallest absolute Gasteiger partial charge is 0.328 e. The molecule has 0 amide bonds. The van der Waals surface area contributed by atoms with Crippen LogP contribution in [0.15, 0.2) is 24.3 Å². The first-order valence-corrected chi connectivity index (χ1v) is 13.9. The Hall–Kier alpha value is -2.25. The standard InChI is InChI=1S/C29H45N5O2/c1-6-18-36-28(35)26(21(2)3)32-27-23-11-7-8-12-24(23)30-25(31-27)20-33-14-16-34(17-15-33)22-10-9-13-29(4,5)19-22/h7-8,11-12,21-22,26H,6,9-10,13-20H2,1-5H3,(H,30,31,32)/t22?,26-/m0/s1. The summed E-state index contributed by atoms with van der Waals surface area (Å²) in [6.45, 7) is 16.4. The highest BCUT2D eigenvalue weighted by molar-refractivity contribution is 5.91. The predicted octanol–water partition coefficient (Wildman–Crippen LogP) is 5.11. The molecule has 1 aliphatic heterocycles. The number of ether oxygens (including phenoxy) is 1. The molecular formula is C29H45N5O2. The number of rotatable bonds is 9. The summed E-state index contributed by atoms with van der Waals surface area (Å²) in [5, 5.41) is 4.34. The van der Waals surface area contributed by atoms with Crippen molar-refractivity contribution in [3.05, 3.63) is 30.1 Å². The van der Waals surface area contributed by atoms with E-state index in [1.54, 1.807) is 0 Å². The van der Waals surface area contributed by atoms with Crippen molar-refractivity contribution < 1.29 is 9.53 Å². The van der Waals surface area contributed by atoms with Gasteiger partial charge in [0.25, 0.3) is 0 Å². The number of piperazine rings is 1. The van der Waals surface area contributed by atoms with E-state index in [4.69, 9.17) is 14.7 Å². The van der Waals surface area contributed by atoms with Gasteiger partial charge in [-0.3, -0.25) is 9.80 Å². The fourth-order valence-corrected chi connectivity index (χ4v) is 5.70. The molecule has 1 unspecified atom stereocenters. The normalized spacial score (nSPS) is 22.0. The van der Waals surface area contributed by atoms with Gasteiger partial charge in [0.05, 0.1) is 18.7 Å². The monoisotopic (exact) mass is 495 g/mol. The van der Waals surface area contributed by atoms with Crippen LogP contribution >= 0.6 is 0 Å². The van der Waals surface area contributed by atoms with Crippen LogP contribution in [0, 0.1) is 11.3 Å². The van der Waals surface area contributed by atoms with Gasteiger partial charge in [0.1, 0.15) is 17.7 Å². The first-order valence-electron chi connectivity index (χ1n) is 13.9. The molecular weight excluding hydrogens is 450 g/mol. The van der Waals surface area contributed by atoms with Crippen molar-refractivity contribution in [1.29, 1.82) is 0 Å². The van der Waals surface area contributed by atoms with Crippen LogP contribution in [0.1, 0.15) is 72.5 Å². The van der Waals surface area contributed by atoms with Crippen molar-refractivity contribution in [3.8, 4) is 0 Å². The molecule has 198 valence electrons. The molecule has 1 aromatic heterocycles. The minimum absolute atomic E-state index is 0.0735. The van der Waals surface area contributed by atoms with Gasteiger partial charge in [-0.15, -0.1) is 0 Å². The molecule has 1 N–H and O–H groups in total. The van der Waals surface area contributed by atoms with Crippen molar-refractivity contribution in [3.63, 3.8) is 0 Å². The molecule has 1 saturated heterocycles. The van der Waals surface area contributed by atoms with Gasteiger partial charge in [0.15, 0.2) is 0 Å². The van der Waals surface area contributed by atoms with E-state index in [0.29, 0.717) is 17.8 Å². The summed E-state index contributed by atoms with van der Waals surface area (Å²) in [4.78, 5) is 27.7. The molecule has 0 radical (unpaired) electrons. The van der Waals surface area contributed by atoms with Gasteiger partial charge in [-0.05, 0) is 49.1 Å². The maximum absolute atomic E-state index is 12.7. The van der Waals surface area contributed by atoms with E-state index in [1.807, 2.05) is 45.0 Å². The number of para-hydroxylation sites is 1. The molecule has 36 heavy (non-hydrogen) atoms.